The molecule has 1 unspecified atom stereocenters. The molecule has 18 heavy (non-hydrogen) atoms. The summed E-state index contributed by atoms with van der Waals surface area (Å²) < 4.78 is 28.1. The van der Waals surface area contributed by atoms with Crippen LogP contribution in [0.15, 0.2) is 10.6 Å². The molecule has 1 aromatic rings. The number of carbonyl (C=O) groups is 1. The molecular weight excluding hydrogens is 256 g/mol. The molecule has 1 atom stereocenters. The van der Waals surface area contributed by atoms with Crippen LogP contribution in [0, 0.1) is 6.92 Å². The minimum atomic E-state index is -3.00. The molecule has 0 spiro atoms. The van der Waals surface area contributed by atoms with Crippen molar-refractivity contribution in [1.82, 2.24) is 9.88 Å². The summed E-state index contributed by atoms with van der Waals surface area (Å²) in [4.78, 5) is 17.6. The van der Waals surface area contributed by atoms with Gasteiger partial charge in [0.1, 0.15) is 0 Å². The molecule has 1 aliphatic heterocycles. The summed E-state index contributed by atoms with van der Waals surface area (Å²) in [7, 11) is -3.00. The van der Waals surface area contributed by atoms with Crippen LogP contribution in [0.4, 0.5) is 0 Å². The molecule has 0 N–H and O–H groups in total. The predicted molar refractivity (Wildman–Crippen MR) is 65.0 cm³/mol. The van der Waals surface area contributed by atoms with Crippen molar-refractivity contribution < 1.29 is 17.6 Å². The maximum atomic E-state index is 12.2. The van der Waals surface area contributed by atoms with Crippen molar-refractivity contribution in [3.05, 3.63) is 17.8 Å². The Morgan fingerprint density at radius 2 is 2.33 bits per heavy atom. The number of aromatic nitrogens is 1. The first-order valence-corrected chi connectivity index (χ1v) is 7.69. The lowest BCUT2D eigenvalue weighted by molar-refractivity contribution is 0.0674. The molecule has 0 aromatic carbocycles. The highest BCUT2D eigenvalue weighted by Gasteiger charge is 2.35. The Morgan fingerprint density at radius 3 is 2.78 bits per heavy atom. The summed E-state index contributed by atoms with van der Waals surface area (Å²) in [5, 5.41) is 0. The van der Waals surface area contributed by atoms with E-state index in [2.05, 4.69) is 4.98 Å². The Hall–Kier alpha value is -1.37. The second-order valence-corrected chi connectivity index (χ2v) is 6.62. The van der Waals surface area contributed by atoms with Gasteiger partial charge in [0.15, 0.2) is 15.7 Å². The summed E-state index contributed by atoms with van der Waals surface area (Å²) in [6.07, 6.45) is 1.87. The van der Waals surface area contributed by atoms with E-state index in [0.717, 1.165) is 0 Å². The van der Waals surface area contributed by atoms with Crippen molar-refractivity contribution >= 4 is 15.7 Å². The Balaban J connectivity index is 2.17. The van der Waals surface area contributed by atoms with E-state index in [1.165, 1.54) is 6.20 Å². The van der Waals surface area contributed by atoms with Crippen LogP contribution in [0.25, 0.3) is 0 Å². The largest absolute Gasteiger partial charge is 0.436 e. The molecule has 6 nitrogen and oxygen atoms in total. The second-order valence-electron chi connectivity index (χ2n) is 4.39. The first-order valence-electron chi connectivity index (χ1n) is 5.87. The number of amides is 1. The fourth-order valence-corrected chi connectivity index (χ4v) is 3.92. The van der Waals surface area contributed by atoms with Gasteiger partial charge in [0.05, 0.1) is 17.7 Å². The molecule has 2 heterocycles. The fraction of sp³-hybridized carbons (Fsp3) is 0.636. The summed E-state index contributed by atoms with van der Waals surface area (Å²) in [6.45, 7) is 3.94. The zero-order chi connectivity index (χ0) is 13.3. The van der Waals surface area contributed by atoms with Crippen LogP contribution in [0.5, 0.6) is 0 Å². The zero-order valence-corrected chi connectivity index (χ0v) is 11.2. The number of oxazole rings is 1. The van der Waals surface area contributed by atoms with Crippen molar-refractivity contribution in [3.8, 4) is 0 Å². The van der Waals surface area contributed by atoms with Crippen molar-refractivity contribution in [2.75, 3.05) is 18.1 Å². The standard InChI is InChI=1S/C11H16N2O4S/c1-3-13(9-4-5-18(15,16)7-9)11(14)10-6-12-8(2)17-10/h6,9H,3-5,7H2,1-2H3. The lowest BCUT2D eigenvalue weighted by Gasteiger charge is -2.25. The lowest BCUT2D eigenvalue weighted by Crippen LogP contribution is -2.40. The smallest absolute Gasteiger partial charge is 0.291 e. The van der Waals surface area contributed by atoms with Crippen LogP contribution in [0.2, 0.25) is 0 Å². The number of rotatable bonds is 3. The highest BCUT2D eigenvalue weighted by Crippen LogP contribution is 2.20. The Kier molecular flexibility index (Phi) is 3.43. The van der Waals surface area contributed by atoms with E-state index in [9.17, 15) is 13.2 Å². The van der Waals surface area contributed by atoms with E-state index >= 15 is 0 Å². The molecule has 1 saturated heterocycles. The quantitative estimate of drug-likeness (QED) is 0.806. The van der Waals surface area contributed by atoms with Crippen molar-refractivity contribution in [2.45, 2.75) is 26.3 Å². The molecule has 2 rings (SSSR count). The number of nitrogens with zero attached hydrogens (tertiary/aromatic N) is 2. The number of hydrogen-bond donors (Lipinski definition) is 0. The average molecular weight is 272 g/mol. The van der Waals surface area contributed by atoms with Crippen molar-refractivity contribution in [2.24, 2.45) is 0 Å². The van der Waals surface area contributed by atoms with Gasteiger partial charge >= 0.3 is 0 Å². The van der Waals surface area contributed by atoms with Crippen molar-refractivity contribution in [3.63, 3.8) is 0 Å². The maximum Gasteiger partial charge on any atom is 0.291 e. The van der Waals surface area contributed by atoms with E-state index in [0.29, 0.717) is 18.9 Å². The second kappa shape index (κ2) is 4.72. The van der Waals surface area contributed by atoms with Gasteiger partial charge in [0.25, 0.3) is 5.91 Å². The first-order chi connectivity index (χ1) is 8.43. The number of sulfone groups is 1. The van der Waals surface area contributed by atoms with Crippen LogP contribution >= 0.6 is 0 Å². The molecule has 1 fully saturated rings. The third-order valence-corrected chi connectivity index (χ3v) is 4.83. The molecule has 0 aliphatic carbocycles. The van der Waals surface area contributed by atoms with Crippen LogP contribution in [-0.2, 0) is 9.84 Å². The normalized spacial score (nSPS) is 22.0. The van der Waals surface area contributed by atoms with Gasteiger partial charge in [-0.3, -0.25) is 4.79 Å². The minimum Gasteiger partial charge on any atom is -0.436 e. The highest BCUT2D eigenvalue weighted by atomic mass is 32.2. The van der Waals surface area contributed by atoms with E-state index < -0.39 is 9.84 Å². The molecule has 0 radical (unpaired) electrons. The molecule has 100 valence electrons. The third kappa shape index (κ3) is 2.55. The summed E-state index contributed by atoms with van der Waals surface area (Å²) in [5.74, 6) is 0.489. The number of carbonyl (C=O) groups excluding carboxylic acids is 1. The average Bonchev–Trinajstić information content (AvgIpc) is 2.86. The molecule has 1 amide bonds. The molecule has 0 bridgehead atoms. The van der Waals surface area contributed by atoms with Crippen LogP contribution < -0.4 is 0 Å². The summed E-state index contributed by atoms with van der Waals surface area (Å²) in [5.41, 5.74) is 0. The van der Waals surface area contributed by atoms with Crippen LogP contribution in [-0.4, -0.2) is 48.3 Å². The van der Waals surface area contributed by atoms with E-state index in [1.807, 2.05) is 6.92 Å². The van der Waals surface area contributed by atoms with E-state index in [4.69, 9.17) is 4.42 Å². The first kappa shape index (κ1) is 13.1. The Bertz CT molecular complexity index is 549. The summed E-state index contributed by atoms with van der Waals surface area (Å²) >= 11 is 0. The number of hydrogen-bond acceptors (Lipinski definition) is 5. The van der Waals surface area contributed by atoms with Gasteiger partial charge in [-0.05, 0) is 13.3 Å². The lowest BCUT2D eigenvalue weighted by atomic mass is 10.2. The maximum absolute atomic E-state index is 12.2. The highest BCUT2D eigenvalue weighted by molar-refractivity contribution is 7.91. The SMILES string of the molecule is CCN(C(=O)c1cnc(C)o1)C1CCS(=O)(=O)C1. The Labute approximate surface area is 106 Å². The minimum absolute atomic E-state index is 0.0414. The van der Waals surface area contributed by atoms with Gasteiger partial charge in [-0.1, -0.05) is 0 Å². The molecule has 0 saturated carbocycles. The van der Waals surface area contributed by atoms with Crippen LogP contribution in [0.1, 0.15) is 29.8 Å². The van der Waals surface area contributed by atoms with Crippen LogP contribution in [0.3, 0.4) is 0 Å². The monoisotopic (exact) mass is 272 g/mol. The third-order valence-electron chi connectivity index (χ3n) is 3.08. The molecule has 1 aliphatic rings. The predicted octanol–water partition coefficient (Wildman–Crippen LogP) is 0.632. The summed E-state index contributed by atoms with van der Waals surface area (Å²) in [6, 6.07) is -0.252. The van der Waals surface area contributed by atoms with Gasteiger partial charge in [-0.15, -0.1) is 0 Å². The van der Waals surface area contributed by atoms with Gasteiger partial charge in [-0.2, -0.15) is 0 Å². The van der Waals surface area contributed by atoms with E-state index in [-0.39, 0.29) is 29.2 Å². The van der Waals surface area contributed by atoms with Crippen molar-refractivity contribution in [1.29, 1.82) is 0 Å². The fourth-order valence-electron chi connectivity index (χ4n) is 2.19. The van der Waals surface area contributed by atoms with Gasteiger partial charge < -0.3 is 9.32 Å². The van der Waals surface area contributed by atoms with Gasteiger partial charge in [0.2, 0.25) is 5.76 Å². The zero-order valence-electron chi connectivity index (χ0n) is 10.4. The molecule has 7 heteroatoms. The Morgan fingerprint density at radius 1 is 1.61 bits per heavy atom. The van der Waals surface area contributed by atoms with E-state index in [1.54, 1.807) is 11.8 Å². The number of aryl methyl sites for hydroxylation is 1. The molecular formula is C11H16N2O4S. The topological polar surface area (TPSA) is 80.5 Å². The molecule has 1 aromatic heterocycles. The van der Waals surface area contributed by atoms with Gasteiger partial charge in [0, 0.05) is 19.5 Å². The van der Waals surface area contributed by atoms with Gasteiger partial charge in [-0.25, -0.2) is 13.4 Å².